The highest BCUT2D eigenvalue weighted by atomic mass is 35.5. The number of amidine groups is 1. The van der Waals surface area contributed by atoms with Crippen LogP contribution in [0.4, 0.5) is 10.5 Å². The number of nitrogens with one attached hydrogen (secondary N) is 1. The van der Waals surface area contributed by atoms with Gasteiger partial charge in [-0.2, -0.15) is 4.99 Å². The Hall–Kier alpha value is -1.55. The van der Waals surface area contributed by atoms with Gasteiger partial charge in [-0.05, 0) is 25.0 Å². The van der Waals surface area contributed by atoms with E-state index < -0.39 is 0 Å². The average molecular weight is 266 g/mol. The summed E-state index contributed by atoms with van der Waals surface area (Å²) in [6, 6.07) is 5.13. The van der Waals surface area contributed by atoms with E-state index in [2.05, 4.69) is 10.3 Å². The highest BCUT2D eigenvalue weighted by molar-refractivity contribution is 6.34. The topological polar surface area (TPSA) is 44.7 Å². The second-order valence-electron chi connectivity index (χ2n) is 4.42. The Labute approximate surface area is 112 Å². The summed E-state index contributed by atoms with van der Waals surface area (Å²) in [7, 11) is 1.94. The Balaban J connectivity index is 2.12. The lowest BCUT2D eigenvalue weighted by Gasteiger charge is -2.12. The summed E-state index contributed by atoms with van der Waals surface area (Å²) in [4.78, 5) is 17.9. The summed E-state index contributed by atoms with van der Waals surface area (Å²) >= 11 is 6.05. The Bertz CT molecular complexity index is 479. The highest BCUT2D eigenvalue weighted by Gasteiger charge is 2.16. The Morgan fingerprint density at radius 3 is 2.89 bits per heavy atom. The molecule has 0 radical (unpaired) electrons. The van der Waals surface area contributed by atoms with E-state index in [9.17, 15) is 4.79 Å². The summed E-state index contributed by atoms with van der Waals surface area (Å²) in [6.45, 7) is 2.85. The van der Waals surface area contributed by atoms with E-state index in [0.29, 0.717) is 10.7 Å². The number of nitrogens with zero attached hydrogens (tertiary/aromatic N) is 2. The molecule has 1 aromatic carbocycles. The molecule has 1 aliphatic heterocycles. The van der Waals surface area contributed by atoms with Gasteiger partial charge < -0.3 is 10.2 Å². The molecule has 1 fully saturated rings. The van der Waals surface area contributed by atoms with Gasteiger partial charge in [0.2, 0.25) is 0 Å². The molecule has 0 saturated carbocycles. The number of hydrogen-bond acceptors (Lipinski definition) is 1. The van der Waals surface area contributed by atoms with Crippen LogP contribution in [0.1, 0.15) is 18.4 Å². The Morgan fingerprint density at radius 1 is 1.50 bits per heavy atom. The van der Waals surface area contributed by atoms with Crippen molar-refractivity contribution >= 4 is 29.2 Å². The number of likely N-dealkylation sites (tertiary alicyclic amines) is 1. The zero-order chi connectivity index (χ0) is 13.1. The number of carbonyl (C=O) groups is 1. The number of hydrogen-bond donors (Lipinski definition) is 1. The summed E-state index contributed by atoms with van der Waals surface area (Å²) in [5, 5.41) is 3.27. The SMILES string of the molecule is Cc1cccc(Cl)c1NC(=O)N=C1CCCN1C. The van der Waals surface area contributed by atoms with E-state index in [0.717, 1.165) is 30.8 Å². The smallest absolute Gasteiger partial charge is 0.347 e. The van der Waals surface area contributed by atoms with E-state index in [4.69, 9.17) is 11.6 Å². The number of para-hydroxylation sites is 1. The van der Waals surface area contributed by atoms with Crippen LogP contribution >= 0.6 is 11.6 Å². The van der Waals surface area contributed by atoms with Gasteiger partial charge in [0.25, 0.3) is 0 Å². The number of amides is 2. The molecule has 0 bridgehead atoms. The van der Waals surface area contributed by atoms with Gasteiger partial charge in [-0.3, -0.25) is 0 Å². The largest absolute Gasteiger partial charge is 0.363 e. The summed E-state index contributed by atoms with van der Waals surface area (Å²) in [6.07, 6.45) is 1.90. The molecule has 0 aliphatic carbocycles. The second-order valence-corrected chi connectivity index (χ2v) is 4.82. The van der Waals surface area contributed by atoms with Gasteiger partial charge in [0.1, 0.15) is 5.84 Å². The standard InChI is InChI=1S/C13H16ClN3O/c1-9-5-3-6-10(14)12(9)16-13(18)15-11-7-4-8-17(11)2/h3,5-6H,4,7-8H2,1-2H3,(H,16,18). The van der Waals surface area contributed by atoms with Gasteiger partial charge in [-0.15, -0.1) is 0 Å². The minimum atomic E-state index is -0.366. The van der Waals surface area contributed by atoms with Crippen LogP contribution in [0.2, 0.25) is 5.02 Å². The van der Waals surface area contributed by atoms with Crippen LogP contribution < -0.4 is 5.32 Å². The molecule has 1 aliphatic rings. The molecule has 5 heteroatoms. The van der Waals surface area contributed by atoms with Gasteiger partial charge in [0, 0.05) is 20.0 Å². The molecule has 0 spiro atoms. The molecule has 1 N–H and O–H groups in total. The molecule has 96 valence electrons. The van der Waals surface area contributed by atoms with Crippen molar-refractivity contribution in [3.05, 3.63) is 28.8 Å². The monoisotopic (exact) mass is 265 g/mol. The minimum Gasteiger partial charge on any atom is -0.363 e. The van der Waals surface area contributed by atoms with E-state index in [1.807, 2.05) is 31.0 Å². The first kappa shape index (κ1) is 12.9. The summed E-state index contributed by atoms with van der Waals surface area (Å²) in [5.74, 6) is 0.831. The predicted octanol–water partition coefficient (Wildman–Crippen LogP) is 3.30. The predicted molar refractivity (Wildman–Crippen MR) is 74.5 cm³/mol. The van der Waals surface area contributed by atoms with Crippen LogP contribution in [0.3, 0.4) is 0 Å². The molecular formula is C13H16ClN3O. The van der Waals surface area contributed by atoms with Crippen molar-refractivity contribution in [2.75, 3.05) is 18.9 Å². The van der Waals surface area contributed by atoms with Gasteiger partial charge in [0.05, 0.1) is 10.7 Å². The van der Waals surface area contributed by atoms with Crippen LogP contribution in [-0.2, 0) is 0 Å². The van der Waals surface area contributed by atoms with Crippen LogP contribution in [0.15, 0.2) is 23.2 Å². The van der Waals surface area contributed by atoms with E-state index >= 15 is 0 Å². The van der Waals surface area contributed by atoms with Crippen molar-refractivity contribution in [1.82, 2.24) is 4.90 Å². The first-order valence-corrected chi connectivity index (χ1v) is 6.30. The normalized spacial score (nSPS) is 17.3. The molecule has 0 atom stereocenters. The van der Waals surface area contributed by atoms with Crippen molar-refractivity contribution < 1.29 is 4.79 Å². The van der Waals surface area contributed by atoms with Crippen molar-refractivity contribution in [3.8, 4) is 0 Å². The van der Waals surface area contributed by atoms with Crippen molar-refractivity contribution in [2.45, 2.75) is 19.8 Å². The minimum absolute atomic E-state index is 0.366. The third-order valence-corrected chi connectivity index (χ3v) is 3.33. The lowest BCUT2D eigenvalue weighted by Crippen LogP contribution is -2.21. The van der Waals surface area contributed by atoms with E-state index in [1.165, 1.54) is 0 Å². The fraction of sp³-hybridized carbons (Fsp3) is 0.385. The third kappa shape index (κ3) is 2.82. The zero-order valence-electron chi connectivity index (χ0n) is 10.5. The molecule has 0 aromatic heterocycles. The van der Waals surface area contributed by atoms with Crippen LogP contribution in [-0.4, -0.2) is 30.4 Å². The number of urea groups is 1. The molecule has 2 amide bonds. The molecule has 1 aromatic rings. The first-order valence-electron chi connectivity index (χ1n) is 5.92. The lowest BCUT2D eigenvalue weighted by atomic mass is 10.2. The fourth-order valence-corrected chi connectivity index (χ4v) is 2.25. The number of anilines is 1. The van der Waals surface area contributed by atoms with Crippen molar-refractivity contribution in [3.63, 3.8) is 0 Å². The number of benzene rings is 1. The first-order chi connectivity index (χ1) is 8.58. The number of aryl methyl sites for hydroxylation is 1. The molecular weight excluding hydrogens is 250 g/mol. The number of carbonyl (C=O) groups excluding carboxylic acids is 1. The van der Waals surface area contributed by atoms with Gasteiger partial charge in [-0.25, -0.2) is 4.79 Å². The van der Waals surface area contributed by atoms with Crippen LogP contribution in [0.25, 0.3) is 0 Å². The fourth-order valence-electron chi connectivity index (χ4n) is 1.98. The molecule has 4 nitrogen and oxygen atoms in total. The van der Waals surface area contributed by atoms with E-state index in [1.54, 1.807) is 6.07 Å². The maximum Gasteiger partial charge on any atom is 0.347 e. The number of aliphatic imine (C=N–C) groups is 1. The summed E-state index contributed by atoms with van der Waals surface area (Å²) in [5.41, 5.74) is 1.56. The van der Waals surface area contributed by atoms with E-state index in [-0.39, 0.29) is 6.03 Å². The quantitative estimate of drug-likeness (QED) is 0.847. The van der Waals surface area contributed by atoms with Gasteiger partial charge >= 0.3 is 6.03 Å². The van der Waals surface area contributed by atoms with Crippen molar-refractivity contribution in [1.29, 1.82) is 0 Å². The zero-order valence-corrected chi connectivity index (χ0v) is 11.3. The molecule has 1 heterocycles. The second kappa shape index (κ2) is 5.40. The Morgan fingerprint density at radius 2 is 2.28 bits per heavy atom. The van der Waals surface area contributed by atoms with Gasteiger partial charge in [-0.1, -0.05) is 23.7 Å². The number of halogens is 1. The lowest BCUT2D eigenvalue weighted by molar-refractivity contribution is 0.259. The van der Waals surface area contributed by atoms with Crippen molar-refractivity contribution in [2.24, 2.45) is 4.99 Å². The van der Waals surface area contributed by atoms with Gasteiger partial charge in [0.15, 0.2) is 0 Å². The average Bonchev–Trinajstić information content (AvgIpc) is 2.70. The third-order valence-electron chi connectivity index (χ3n) is 3.02. The molecule has 18 heavy (non-hydrogen) atoms. The van der Waals surface area contributed by atoms with Crippen LogP contribution in [0, 0.1) is 6.92 Å². The molecule has 2 rings (SSSR count). The highest BCUT2D eigenvalue weighted by Crippen LogP contribution is 2.25. The number of rotatable bonds is 1. The molecule has 1 saturated heterocycles. The Kier molecular flexibility index (Phi) is 3.87. The van der Waals surface area contributed by atoms with Crippen LogP contribution in [0.5, 0.6) is 0 Å². The maximum absolute atomic E-state index is 11.8. The maximum atomic E-state index is 11.8. The molecule has 0 unspecified atom stereocenters. The summed E-state index contributed by atoms with van der Waals surface area (Å²) < 4.78 is 0.